The lowest BCUT2D eigenvalue weighted by molar-refractivity contribution is -0.758. The largest absolute Gasteiger partial charge is 0.204 e. The van der Waals surface area contributed by atoms with Gasteiger partial charge >= 0.3 is 0 Å². The van der Waals surface area contributed by atoms with Gasteiger partial charge in [0.25, 0.3) is 0 Å². The molecule has 0 aliphatic carbocycles. The topological polar surface area (TPSA) is 16.8 Å². The molecule has 0 fully saturated rings. The summed E-state index contributed by atoms with van der Waals surface area (Å²) in [6, 6.07) is 0. The first kappa shape index (κ1) is 13.6. The maximum atomic E-state index is 4.44. The Morgan fingerprint density at radius 1 is 1.29 bits per heavy atom. The van der Waals surface area contributed by atoms with E-state index in [0.29, 0.717) is 5.92 Å². The maximum Gasteiger partial charge on any atom is 0.204 e. The molecule has 0 aromatic carbocycles. The summed E-state index contributed by atoms with van der Waals surface area (Å²) in [5.41, 5.74) is 2.41. The van der Waals surface area contributed by atoms with Crippen LogP contribution in [0.1, 0.15) is 45.2 Å². The smallest absolute Gasteiger partial charge is 0.0904 e. The molecule has 0 radical (unpaired) electrons. The average Bonchev–Trinajstić information content (AvgIpc) is 2.28. The minimum absolute atomic E-state index is 0.614. The van der Waals surface area contributed by atoms with E-state index in [9.17, 15) is 0 Å². The van der Waals surface area contributed by atoms with Crippen molar-refractivity contribution < 1.29 is 4.68 Å². The van der Waals surface area contributed by atoms with E-state index in [0.717, 1.165) is 13.0 Å². The highest BCUT2D eigenvalue weighted by atomic mass is 15.2. The molecule has 1 heterocycles. The molecule has 2 nitrogen and oxygen atoms in total. The fourth-order valence-corrected chi connectivity index (χ4v) is 1.66. The molecule has 0 saturated carbocycles. The zero-order valence-corrected chi connectivity index (χ0v) is 11.4. The van der Waals surface area contributed by atoms with Crippen molar-refractivity contribution >= 4 is 12.2 Å². The van der Waals surface area contributed by atoms with Crippen LogP contribution in [-0.2, 0) is 6.54 Å². The fraction of sp³-hybridized carbons (Fsp3) is 0.467. The van der Waals surface area contributed by atoms with Crippen LogP contribution in [-0.4, -0.2) is 5.10 Å². The minimum Gasteiger partial charge on any atom is -0.0904 e. The normalized spacial score (nSPS) is 12.1. The van der Waals surface area contributed by atoms with Gasteiger partial charge in [-0.15, -0.1) is 0 Å². The van der Waals surface area contributed by atoms with Crippen LogP contribution >= 0.6 is 0 Å². The summed E-state index contributed by atoms with van der Waals surface area (Å²) in [4.78, 5) is 0. The molecule has 1 aromatic rings. The summed E-state index contributed by atoms with van der Waals surface area (Å²) in [7, 11) is 0. The highest BCUT2D eigenvalue weighted by Gasteiger charge is 2.09. The summed E-state index contributed by atoms with van der Waals surface area (Å²) < 4.78 is 2.02. The third-order valence-electron chi connectivity index (χ3n) is 2.40. The molecule has 1 aromatic heterocycles. The first-order chi connectivity index (χ1) is 8.17. The van der Waals surface area contributed by atoms with Crippen LogP contribution in [0.15, 0.2) is 24.5 Å². The third kappa shape index (κ3) is 4.51. The standard InChI is InChI=1S/C15H23N2/c1-5-7-9-15-12-17(11-13(3)4)16-10-14(15)8-6-2/h6-10,12-13H,5,11H2,1-4H3/q+1/b8-6-,9-7-. The predicted molar refractivity (Wildman–Crippen MR) is 73.3 cm³/mol. The summed E-state index contributed by atoms with van der Waals surface area (Å²) in [6.07, 6.45) is 13.6. The lowest BCUT2D eigenvalue weighted by Crippen LogP contribution is -2.40. The van der Waals surface area contributed by atoms with Gasteiger partial charge in [-0.1, -0.05) is 49.8 Å². The van der Waals surface area contributed by atoms with E-state index in [2.05, 4.69) is 50.3 Å². The van der Waals surface area contributed by atoms with Crippen LogP contribution in [0.4, 0.5) is 0 Å². The zero-order chi connectivity index (χ0) is 12.7. The first-order valence-corrected chi connectivity index (χ1v) is 6.36. The van der Waals surface area contributed by atoms with Gasteiger partial charge < -0.3 is 0 Å². The van der Waals surface area contributed by atoms with E-state index in [1.165, 1.54) is 11.1 Å². The van der Waals surface area contributed by atoms with Crippen molar-refractivity contribution in [3.8, 4) is 0 Å². The highest BCUT2D eigenvalue weighted by Crippen LogP contribution is 2.10. The molecule has 17 heavy (non-hydrogen) atoms. The van der Waals surface area contributed by atoms with Gasteiger partial charge in [0.2, 0.25) is 6.20 Å². The second-order valence-electron chi connectivity index (χ2n) is 4.61. The summed E-state index contributed by atoms with van der Waals surface area (Å²) in [6.45, 7) is 9.55. The monoisotopic (exact) mass is 231 g/mol. The Bertz CT molecular complexity index is 403. The Balaban J connectivity index is 3.05. The molecule has 0 bridgehead atoms. The molecule has 0 spiro atoms. The van der Waals surface area contributed by atoms with E-state index >= 15 is 0 Å². The quantitative estimate of drug-likeness (QED) is 0.709. The number of aromatic nitrogens is 2. The third-order valence-corrected chi connectivity index (χ3v) is 2.40. The van der Waals surface area contributed by atoms with E-state index in [1.807, 2.05) is 23.9 Å². The lowest BCUT2D eigenvalue weighted by atomic mass is 10.1. The molecule has 0 saturated heterocycles. The van der Waals surface area contributed by atoms with Crippen molar-refractivity contribution in [1.29, 1.82) is 0 Å². The van der Waals surface area contributed by atoms with Gasteiger partial charge in [-0.2, -0.15) is 0 Å². The van der Waals surface area contributed by atoms with Crippen molar-refractivity contribution in [3.63, 3.8) is 0 Å². The molecule has 0 aliphatic heterocycles. The molecule has 0 aliphatic rings. The number of allylic oxidation sites excluding steroid dienone is 2. The van der Waals surface area contributed by atoms with E-state index < -0.39 is 0 Å². The molecular formula is C15H23N2+. The van der Waals surface area contributed by atoms with Gasteiger partial charge in [0.05, 0.1) is 0 Å². The number of nitrogens with zero attached hydrogens (tertiary/aromatic N) is 2. The maximum absolute atomic E-state index is 4.44. The second-order valence-corrected chi connectivity index (χ2v) is 4.61. The molecule has 2 heteroatoms. The van der Waals surface area contributed by atoms with Crippen LogP contribution in [0, 0.1) is 5.92 Å². The molecule has 0 unspecified atom stereocenters. The SMILES string of the molecule is C/C=C\c1cn[n+](CC(C)C)cc1/C=C\CC. The van der Waals surface area contributed by atoms with Gasteiger partial charge in [0, 0.05) is 17.0 Å². The van der Waals surface area contributed by atoms with Gasteiger partial charge in [-0.25, -0.2) is 0 Å². The number of hydrogen-bond donors (Lipinski definition) is 0. The van der Waals surface area contributed by atoms with Gasteiger partial charge in [-0.3, -0.25) is 0 Å². The average molecular weight is 231 g/mol. The van der Waals surface area contributed by atoms with Crippen LogP contribution in [0.5, 0.6) is 0 Å². The molecular weight excluding hydrogens is 208 g/mol. The summed E-state index contributed by atoms with van der Waals surface area (Å²) in [5.74, 6) is 0.614. The molecule has 92 valence electrons. The Morgan fingerprint density at radius 3 is 2.65 bits per heavy atom. The van der Waals surface area contributed by atoms with Gasteiger partial charge in [0.15, 0.2) is 6.54 Å². The summed E-state index contributed by atoms with van der Waals surface area (Å²) >= 11 is 0. The van der Waals surface area contributed by atoms with Crippen molar-refractivity contribution in [2.45, 2.75) is 40.7 Å². The number of hydrogen-bond acceptors (Lipinski definition) is 1. The Hall–Kier alpha value is -1.44. The Kier molecular flexibility index (Phi) is 5.61. The van der Waals surface area contributed by atoms with Crippen molar-refractivity contribution in [2.75, 3.05) is 0 Å². The molecule has 0 amide bonds. The van der Waals surface area contributed by atoms with E-state index in [1.54, 1.807) is 0 Å². The van der Waals surface area contributed by atoms with E-state index in [4.69, 9.17) is 0 Å². The van der Waals surface area contributed by atoms with Crippen LogP contribution in [0.2, 0.25) is 0 Å². The van der Waals surface area contributed by atoms with Gasteiger partial charge in [-0.05, 0) is 18.4 Å². The molecule has 0 N–H and O–H groups in total. The Labute approximate surface area is 105 Å². The zero-order valence-electron chi connectivity index (χ0n) is 11.4. The number of rotatable bonds is 5. The van der Waals surface area contributed by atoms with Crippen LogP contribution in [0.25, 0.3) is 12.2 Å². The van der Waals surface area contributed by atoms with Gasteiger partial charge in [0.1, 0.15) is 6.20 Å². The van der Waals surface area contributed by atoms with Crippen molar-refractivity contribution in [1.82, 2.24) is 5.10 Å². The van der Waals surface area contributed by atoms with Crippen molar-refractivity contribution in [2.24, 2.45) is 5.92 Å². The van der Waals surface area contributed by atoms with Crippen LogP contribution < -0.4 is 4.68 Å². The fourth-order valence-electron chi connectivity index (χ4n) is 1.66. The minimum atomic E-state index is 0.614. The molecule has 0 atom stereocenters. The lowest BCUT2D eigenvalue weighted by Gasteiger charge is -2.01. The van der Waals surface area contributed by atoms with E-state index in [-0.39, 0.29) is 0 Å². The van der Waals surface area contributed by atoms with Crippen LogP contribution in [0.3, 0.4) is 0 Å². The summed E-state index contributed by atoms with van der Waals surface area (Å²) in [5, 5.41) is 4.44. The Morgan fingerprint density at radius 2 is 2.06 bits per heavy atom. The predicted octanol–water partition coefficient (Wildman–Crippen LogP) is 3.48. The van der Waals surface area contributed by atoms with Crippen molar-refractivity contribution in [3.05, 3.63) is 35.7 Å². The molecule has 1 rings (SSSR count). The second kappa shape index (κ2) is 7.00. The first-order valence-electron chi connectivity index (χ1n) is 6.36. The highest BCUT2D eigenvalue weighted by molar-refractivity contribution is 5.62.